The molecule has 0 aromatic heterocycles. The zero-order valence-electron chi connectivity index (χ0n) is 9.90. The van der Waals surface area contributed by atoms with Crippen molar-refractivity contribution in [3.8, 4) is 0 Å². The molecule has 4 nitrogen and oxygen atoms in total. The molecule has 88 valence electrons. The molecule has 0 bridgehead atoms. The van der Waals surface area contributed by atoms with Crippen molar-refractivity contribution in [1.82, 2.24) is 4.90 Å². The molecule has 0 aromatic rings. The number of likely N-dealkylation sites (tertiary alicyclic amines) is 1. The van der Waals surface area contributed by atoms with Gasteiger partial charge in [0.25, 0.3) is 5.91 Å². The number of hydrogen-bond donors (Lipinski definition) is 1. The zero-order chi connectivity index (χ0) is 11.4. The maximum Gasteiger partial charge on any atom is 0.251 e. The van der Waals surface area contributed by atoms with E-state index in [1.807, 2.05) is 4.90 Å². The standard InChI is InChI=1S/C11H22N2O2/c1-8-4-5-13(10(6-8)7-12)11(14)9(2)15-3/h8-10H,4-7,12H2,1-3H3. The lowest BCUT2D eigenvalue weighted by Crippen LogP contribution is -2.52. The number of methoxy groups -OCH3 is 1. The molecule has 15 heavy (non-hydrogen) atoms. The van der Waals surface area contributed by atoms with Gasteiger partial charge in [-0.25, -0.2) is 0 Å². The lowest BCUT2D eigenvalue weighted by Gasteiger charge is -2.39. The van der Waals surface area contributed by atoms with Crippen LogP contribution in [0.4, 0.5) is 0 Å². The average molecular weight is 214 g/mol. The Hall–Kier alpha value is -0.610. The van der Waals surface area contributed by atoms with Crippen molar-refractivity contribution in [3.05, 3.63) is 0 Å². The van der Waals surface area contributed by atoms with E-state index in [4.69, 9.17) is 10.5 Å². The highest BCUT2D eigenvalue weighted by Gasteiger charge is 2.31. The fourth-order valence-electron chi connectivity index (χ4n) is 2.10. The van der Waals surface area contributed by atoms with Crippen molar-refractivity contribution < 1.29 is 9.53 Å². The van der Waals surface area contributed by atoms with Gasteiger partial charge in [0.15, 0.2) is 0 Å². The van der Waals surface area contributed by atoms with Crippen LogP contribution in [-0.4, -0.2) is 43.2 Å². The van der Waals surface area contributed by atoms with Crippen LogP contribution in [0.15, 0.2) is 0 Å². The average Bonchev–Trinajstić information content (AvgIpc) is 2.26. The van der Waals surface area contributed by atoms with Crippen LogP contribution < -0.4 is 5.73 Å². The molecule has 1 rings (SSSR count). The van der Waals surface area contributed by atoms with Crippen LogP contribution >= 0.6 is 0 Å². The fourth-order valence-corrected chi connectivity index (χ4v) is 2.10. The van der Waals surface area contributed by atoms with Gasteiger partial charge in [-0.3, -0.25) is 4.79 Å². The number of nitrogens with zero attached hydrogens (tertiary/aromatic N) is 1. The van der Waals surface area contributed by atoms with E-state index in [1.165, 1.54) is 0 Å². The molecule has 3 atom stereocenters. The predicted molar refractivity (Wildman–Crippen MR) is 59.4 cm³/mol. The van der Waals surface area contributed by atoms with E-state index in [0.717, 1.165) is 19.4 Å². The maximum absolute atomic E-state index is 12.0. The van der Waals surface area contributed by atoms with Gasteiger partial charge in [0.2, 0.25) is 0 Å². The highest BCUT2D eigenvalue weighted by molar-refractivity contribution is 5.81. The summed E-state index contributed by atoms with van der Waals surface area (Å²) in [5, 5.41) is 0. The Labute approximate surface area is 91.8 Å². The van der Waals surface area contributed by atoms with Crippen LogP contribution in [0.3, 0.4) is 0 Å². The summed E-state index contributed by atoms with van der Waals surface area (Å²) in [6.07, 6.45) is 1.73. The summed E-state index contributed by atoms with van der Waals surface area (Å²) in [6, 6.07) is 0.193. The molecule has 0 spiro atoms. The summed E-state index contributed by atoms with van der Waals surface area (Å²) in [5.41, 5.74) is 5.70. The van der Waals surface area contributed by atoms with Crippen LogP contribution in [0, 0.1) is 5.92 Å². The molecule has 0 aromatic carbocycles. The number of amides is 1. The highest BCUT2D eigenvalue weighted by atomic mass is 16.5. The first kappa shape index (κ1) is 12.5. The molecule has 1 saturated heterocycles. The highest BCUT2D eigenvalue weighted by Crippen LogP contribution is 2.22. The molecule has 1 aliphatic heterocycles. The van der Waals surface area contributed by atoms with Crippen LogP contribution in [0.2, 0.25) is 0 Å². The molecule has 1 aliphatic rings. The number of carbonyl (C=O) groups excluding carboxylic acids is 1. The van der Waals surface area contributed by atoms with Crippen LogP contribution in [0.1, 0.15) is 26.7 Å². The van der Waals surface area contributed by atoms with Crippen LogP contribution in [0.25, 0.3) is 0 Å². The van der Waals surface area contributed by atoms with Gasteiger partial charge in [0.05, 0.1) is 0 Å². The Morgan fingerprint density at radius 3 is 2.87 bits per heavy atom. The van der Waals surface area contributed by atoms with Gasteiger partial charge in [-0.15, -0.1) is 0 Å². The lowest BCUT2D eigenvalue weighted by molar-refractivity contribution is -0.145. The number of rotatable bonds is 3. The fraction of sp³-hybridized carbons (Fsp3) is 0.909. The molecule has 2 N–H and O–H groups in total. The summed E-state index contributed by atoms with van der Waals surface area (Å²) in [7, 11) is 1.56. The van der Waals surface area contributed by atoms with E-state index >= 15 is 0 Å². The summed E-state index contributed by atoms with van der Waals surface area (Å²) in [5.74, 6) is 0.736. The van der Waals surface area contributed by atoms with Crippen LogP contribution in [-0.2, 0) is 9.53 Å². The molecule has 3 unspecified atom stereocenters. The first-order valence-corrected chi connectivity index (χ1v) is 5.63. The van der Waals surface area contributed by atoms with Crippen molar-refractivity contribution in [2.45, 2.75) is 38.8 Å². The van der Waals surface area contributed by atoms with Gasteiger partial charge in [-0.2, -0.15) is 0 Å². The van der Waals surface area contributed by atoms with E-state index in [1.54, 1.807) is 14.0 Å². The quantitative estimate of drug-likeness (QED) is 0.749. The molecule has 4 heteroatoms. The van der Waals surface area contributed by atoms with E-state index in [-0.39, 0.29) is 18.1 Å². The minimum absolute atomic E-state index is 0.0693. The summed E-state index contributed by atoms with van der Waals surface area (Å²) in [6.45, 7) is 5.36. The van der Waals surface area contributed by atoms with Crippen molar-refractivity contribution in [1.29, 1.82) is 0 Å². The molecule has 0 aliphatic carbocycles. The van der Waals surface area contributed by atoms with Gasteiger partial charge in [0, 0.05) is 26.2 Å². The molecule has 0 radical (unpaired) electrons. The SMILES string of the molecule is COC(C)C(=O)N1CCC(C)CC1CN. The van der Waals surface area contributed by atoms with Crippen molar-refractivity contribution >= 4 is 5.91 Å². The first-order chi connectivity index (χ1) is 7.10. The molecule has 1 heterocycles. The second-order valence-electron chi connectivity index (χ2n) is 4.43. The summed E-state index contributed by atoms with van der Waals surface area (Å²) >= 11 is 0. The Morgan fingerprint density at radius 1 is 1.67 bits per heavy atom. The van der Waals surface area contributed by atoms with Gasteiger partial charge in [-0.1, -0.05) is 6.92 Å². The minimum atomic E-state index is -0.354. The molecule has 1 amide bonds. The van der Waals surface area contributed by atoms with Crippen molar-refractivity contribution in [2.24, 2.45) is 11.7 Å². The topological polar surface area (TPSA) is 55.6 Å². The molecule has 0 saturated carbocycles. The summed E-state index contributed by atoms with van der Waals surface area (Å²) < 4.78 is 5.05. The number of carbonyl (C=O) groups is 1. The number of ether oxygens (including phenoxy) is 1. The number of hydrogen-bond acceptors (Lipinski definition) is 3. The second-order valence-corrected chi connectivity index (χ2v) is 4.43. The van der Waals surface area contributed by atoms with Gasteiger partial charge >= 0.3 is 0 Å². The lowest BCUT2D eigenvalue weighted by atomic mass is 9.92. The van der Waals surface area contributed by atoms with E-state index in [0.29, 0.717) is 12.5 Å². The number of piperidine rings is 1. The number of nitrogens with two attached hydrogens (primary N) is 1. The van der Waals surface area contributed by atoms with Gasteiger partial charge in [-0.05, 0) is 25.7 Å². The maximum atomic E-state index is 12.0. The molecular weight excluding hydrogens is 192 g/mol. The Bertz CT molecular complexity index is 221. The second kappa shape index (κ2) is 5.47. The Kier molecular flexibility index (Phi) is 4.54. The van der Waals surface area contributed by atoms with E-state index in [2.05, 4.69) is 6.92 Å². The van der Waals surface area contributed by atoms with Crippen molar-refractivity contribution in [3.63, 3.8) is 0 Å². The molecule has 1 fully saturated rings. The smallest absolute Gasteiger partial charge is 0.251 e. The van der Waals surface area contributed by atoms with Crippen LogP contribution in [0.5, 0.6) is 0 Å². The van der Waals surface area contributed by atoms with Crippen molar-refractivity contribution in [2.75, 3.05) is 20.2 Å². The third-order valence-electron chi connectivity index (χ3n) is 3.23. The monoisotopic (exact) mass is 214 g/mol. The zero-order valence-corrected chi connectivity index (χ0v) is 9.90. The normalized spacial score (nSPS) is 28.9. The third-order valence-corrected chi connectivity index (χ3v) is 3.23. The Balaban J connectivity index is 2.63. The molecular formula is C11H22N2O2. The summed E-state index contributed by atoms with van der Waals surface area (Å²) in [4.78, 5) is 13.8. The third kappa shape index (κ3) is 2.92. The minimum Gasteiger partial charge on any atom is -0.372 e. The Morgan fingerprint density at radius 2 is 2.33 bits per heavy atom. The van der Waals surface area contributed by atoms with E-state index < -0.39 is 0 Å². The van der Waals surface area contributed by atoms with Gasteiger partial charge in [0.1, 0.15) is 6.10 Å². The predicted octanol–water partition coefficient (Wildman–Crippen LogP) is 0.607. The van der Waals surface area contributed by atoms with E-state index in [9.17, 15) is 4.79 Å². The first-order valence-electron chi connectivity index (χ1n) is 5.63. The largest absolute Gasteiger partial charge is 0.372 e. The van der Waals surface area contributed by atoms with Gasteiger partial charge < -0.3 is 15.4 Å².